The second-order valence-electron chi connectivity index (χ2n) is 7.43. The monoisotopic (exact) mass is 350 g/mol. The Balaban J connectivity index is 1.73. The highest BCUT2D eigenvalue weighted by molar-refractivity contribution is 5.48. The number of anilines is 2. The minimum atomic E-state index is -0.114. The molecule has 1 unspecified atom stereocenters. The number of nitrogens with zero attached hydrogens (tertiary/aromatic N) is 5. The van der Waals surface area contributed by atoms with Gasteiger partial charge in [-0.3, -0.25) is 9.78 Å². The summed E-state index contributed by atoms with van der Waals surface area (Å²) in [6.45, 7) is 1.69. The summed E-state index contributed by atoms with van der Waals surface area (Å²) >= 11 is 0. The first-order chi connectivity index (χ1) is 12.5. The number of rotatable bonds is 2. The van der Waals surface area contributed by atoms with Gasteiger partial charge in [-0.2, -0.15) is 5.26 Å². The van der Waals surface area contributed by atoms with E-state index in [2.05, 4.69) is 20.9 Å². The van der Waals surface area contributed by atoms with Crippen molar-refractivity contribution in [1.82, 2.24) is 15.0 Å². The van der Waals surface area contributed by atoms with Crippen molar-refractivity contribution in [2.45, 2.75) is 31.1 Å². The Morgan fingerprint density at radius 2 is 2.23 bits per heavy atom. The Morgan fingerprint density at radius 1 is 1.38 bits per heavy atom. The number of hydrogen-bond acceptors (Lipinski definition) is 6. The van der Waals surface area contributed by atoms with Crippen LogP contribution < -0.4 is 15.4 Å². The van der Waals surface area contributed by atoms with Crippen molar-refractivity contribution >= 4 is 11.8 Å². The molecule has 1 atom stereocenters. The lowest BCUT2D eigenvalue weighted by Crippen LogP contribution is -2.46. The Bertz CT molecular complexity index is 944. The van der Waals surface area contributed by atoms with Gasteiger partial charge in [0, 0.05) is 44.4 Å². The van der Waals surface area contributed by atoms with Crippen LogP contribution in [0, 0.1) is 11.3 Å². The summed E-state index contributed by atoms with van der Waals surface area (Å²) in [5, 5.41) is 9.16. The maximum absolute atomic E-state index is 12.5. The molecule has 7 heteroatoms. The summed E-state index contributed by atoms with van der Waals surface area (Å²) in [7, 11) is 3.77. The second-order valence-corrected chi connectivity index (χ2v) is 7.43. The molecule has 1 N–H and O–H groups in total. The van der Waals surface area contributed by atoms with Gasteiger partial charge in [0.15, 0.2) is 0 Å². The number of aromatic amines is 1. The molecule has 26 heavy (non-hydrogen) atoms. The summed E-state index contributed by atoms with van der Waals surface area (Å²) in [5.41, 5.74) is 2.27. The minimum absolute atomic E-state index is 0.0164. The first kappa shape index (κ1) is 16.6. The molecule has 4 rings (SSSR count). The number of fused-ring (bicyclic) bond motifs is 2. The molecule has 1 aliphatic heterocycles. The van der Waals surface area contributed by atoms with Crippen molar-refractivity contribution < 1.29 is 0 Å². The second kappa shape index (κ2) is 6.13. The van der Waals surface area contributed by atoms with Gasteiger partial charge < -0.3 is 9.80 Å². The van der Waals surface area contributed by atoms with Crippen LogP contribution >= 0.6 is 0 Å². The molecule has 2 aromatic heterocycles. The van der Waals surface area contributed by atoms with E-state index in [1.165, 1.54) is 0 Å². The van der Waals surface area contributed by atoms with E-state index in [0.29, 0.717) is 11.5 Å². The molecule has 0 aromatic carbocycles. The number of nitriles is 1. The third-order valence-electron chi connectivity index (χ3n) is 5.56. The fourth-order valence-corrected chi connectivity index (χ4v) is 4.24. The Hall–Kier alpha value is -2.88. The summed E-state index contributed by atoms with van der Waals surface area (Å²) < 4.78 is 0. The molecule has 2 aliphatic rings. The van der Waals surface area contributed by atoms with E-state index in [1.807, 2.05) is 25.1 Å². The van der Waals surface area contributed by atoms with Crippen molar-refractivity contribution in [3.8, 4) is 6.07 Å². The fourth-order valence-electron chi connectivity index (χ4n) is 4.24. The van der Waals surface area contributed by atoms with Crippen LogP contribution in [-0.4, -0.2) is 42.1 Å². The van der Waals surface area contributed by atoms with Crippen LogP contribution in [0.1, 0.15) is 36.1 Å². The molecule has 134 valence electrons. The molecule has 2 aromatic rings. The molecule has 7 nitrogen and oxygen atoms in total. The van der Waals surface area contributed by atoms with Gasteiger partial charge in [-0.15, -0.1) is 0 Å². The predicted molar refractivity (Wildman–Crippen MR) is 99.6 cm³/mol. The molecule has 0 bridgehead atoms. The standard InChI is InChI=1S/C19H22N6O/c1-24(2)18-22-16-14(17(26)23-18)4-7-19(16)6-3-9-25(12-19)15-10-13(11-20)5-8-21-15/h5,8,10H,3-4,6-7,9,12H2,1-2H3,(H,22,23,26). The van der Waals surface area contributed by atoms with Crippen LogP contribution in [0.25, 0.3) is 0 Å². The smallest absolute Gasteiger partial charge is 0.255 e. The topological polar surface area (TPSA) is 88.9 Å². The van der Waals surface area contributed by atoms with Crippen LogP contribution in [0.4, 0.5) is 11.8 Å². The maximum Gasteiger partial charge on any atom is 0.255 e. The zero-order valence-electron chi connectivity index (χ0n) is 15.1. The van der Waals surface area contributed by atoms with E-state index in [-0.39, 0.29) is 11.0 Å². The lowest BCUT2D eigenvalue weighted by molar-refractivity contribution is 0.333. The Labute approximate surface area is 152 Å². The predicted octanol–water partition coefficient (Wildman–Crippen LogP) is 1.59. The zero-order chi connectivity index (χ0) is 18.3. The van der Waals surface area contributed by atoms with Crippen molar-refractivity contribution in [2.24, 2.45) is 0 Å². The third kappa shape index (κ3) is 2.62. The highest BCUT2D eigenvalue weighted by Crippen LogP contribution is 2.44. The van der Waals surface area contributed by atoms with Crippen molar-refractivity contribution in [3.63, 3.8) is 0 Å². The minimum Gasteiger partial charge on any atom is -0.356 e. The van der Waals surface area contributed by atoms with Gasteiger partial charge >= 0.3 is 0 Å². The molecule has 3 heterocycles. The number of H-pyrrole nitrogens is 1. The quantitative estimate of drug-likeness (QED) is 0.885. The van der Waals surface area contributed by atoms with Gasteiger partial charge in [0.1, 0.15) is 5.82 Å². The molecular formula is C19H22N6O. The summed E-state index contributed by atoms with van der Waals surface area (Å²) in [4.78, 5) is 28.8. The summed E-state index contributed by atoms with van der Waals surface area (Å²) in [6, 6.07) is 5.74. The fraction of sp³-hybridized carbons (Fsp3) is 0.474. The maximum atomic E-state index is 12.5. The Kier molecular flexibility index (Phi) is 3.91. The van der Waals surface area contributed by atoms with Crippen LogP contribution in [-0.2, 0) is 11.8 Å². The van der Waals surface area contributed by atoms with Gasteiger partial charge in [-0.05, 0) is 37.8 Å². The van der Waals surface area contributed by atoms with Crippen molar-refractivity contribution in [1.29, 1.82) is 5.26 Å². The highest BCUT2D eigenvalue weighted by Gasteiger charge is 2.45. The number of pyridine rings is 1. The van der Waals surface area contributed by atoms with E-state index < -0.39 is 0 Å². The molecule has 0 saturated carbocycles. The average molecular weight is 350 g/mol. The van der Waals surface area contributed by atoms with E-state index >= 15 is 0 Å². The molecular weight excluding hydrogens is 328 g/mol. The number of hydrogen-bond donors (Lipinski definition) is 1. The highest BCUT2D eigenvalue weighted by atomic mass is 16.1. The van der Waals surface area contributed by atoms with Gasteiger partial charge in [0.2, 0.25) is 5.95 Å². The van der Waals surface area contributed by atoms with Crippen molar-refractivity contribution in [3.05, 3.63) is 45.5 Å². The third-order valence-corrected chi connectivity index (χ3v) is 5.56. The van der Waals surface area contributed by atoms with E-state index in [0.717, 1.165) is 55.8 Å². The van der Waals surface area contributed by atoms with Gasteiger partial charge in [0.05, 0.1) is 17.3 Å². The van der Waals surface area contributed by atoms with Crippen molar-refractivity contribution in [2.75, 3.05) is 37.0 Å². The van der Waals surface area contributed by atoms with Crippen LogP contribution in [0.2, 0.25) is 0 Å². The number of piperidine rings is 1. The zero-order valence-corrected chi connectivity index (χ0v) is 15.1. The summed E-state index contributed by atoms with van der Waals surface area (Å²) in [6.07, 6.45) is 5.43. The van der Waals surface area contributed by atoms with Gasteiger partial charge in [-0.1, -0.05) is 0 Å². The van der Waals surface area contributed by atoms with E-state index in [1.54, 1.807) is 12.3 Å². The van der Waals surface area contributed by atoms with Gasteiger partial charge in [0.25, 0.3) is 5.56 Å². The lowest BCUT2D eigenvalue weighted by atomic mass is 9.77. The van der Waals surface area contributed by atoms with Crippen LogP contribution in [0.3, 0.4) is 0 Å². The SMILES string of the molecule is CN(C)c1nc2c(c(=O)[nH]1)CCC21CCCN(c2cc(C#N)ccn2)C1. The lowest BCUT2D eigenvalue weighted by Gasteiger charge is -2.41. The normalized spacial score (nSPS) is 21.5. The van der Waals surface area contributed by atoms with Gasteiger partial charge in [-0.25, -0.2) is 9.97 Å². The Morgan fingerprint density at radius 3 is 3.00 bits per heavy atom. The van der Waals surface area contributed by atoms with E-state index in [4.69, 9.17) is 10.2 Å². The molecule has 1 fully saturated rings. The number of nitrogens with one attached hydrogen (secondary N) is 1. The molecule has 1 spiro atoms. The largest absolute Gasteiger partial charge is 0.356 e. The number of aromatic nitrogens is 3. The van der Waals surface area contributed by atoms with Crippen LogP contribution in [0.5, 0.6) is 0 Å². The first-order valence-electron chi connectivity index (χ1n) is 8.94. The van der Waals surface area contributed by atoms with E-state index in [9.17, 15) is 4.79 Å². The summed E-state index contributed by atoms with van der Waals surface area (Å²) in [5.74, 6) is 1.44. The molecule has 1 aliphatic carbocycles. The molecule has 1 saturated heterocycles. The molecule has 0 radical (unpaired) electrons. The first-order valence-corrected chi connectivity index (χ1v) is 8.94. The molecule has 0 amide bonds. The average Bonchev–Trinajstić information content (AvgIpc) is 3.00. The van der Waals surface area contributed by atoms with Crippen LogP contribution in [0.15, 0.2) is 23.1 Å².